The number of hydrogen-bond donors (Lipinski definition) is 0. The molecule has 21 heavy (non-hydrogen) atoms. The van der Waals surface area contributed by atoms with Crippen molar-refractivity contribution in [3.8, 4) is 0 Å². The number of carbonyl (C=O) groups excluding carboxylic acids is 2. The van der Waals surface area contributed by atoms with Crippen LogP contribution in [-0.2, 0) is 11.2 Å². The van der Waals surface area contributed by atoms with Gasteiger partial charge in [-0.1, -0.05) is 15.9 Å². The number of thiophene rings is 1. The van der Waals surface area contributed by atoms with Crippen molar-refractivity contribution in [1.29, 1.82) is 0 Å². The summed E-state index contributed by atoms with van der Waals surface area (Å²) in [5, 5.41) is 1.92. The molecule has 2 aromatic rings. The van der Waals surface area contributed by atoms with Gasteiger partial charge in [0.2, 0.25) is 11.7 Å². The average molecular weight is 364 g/mol. The molecule has 0 atom stereocenters. The maximum absolute atomic E-state index is 12.7. The van der Waals surface area contributed by atoms with Gasteiger partial charge in [-0.25, -0.2) is 0 Å². The molecule has 0 aliphatic carbocycles. The normalized spacial score (nSPS) is 13.4. The summed E-state index contributed by atoms with van der Waals surface area (Å²) < 4.78 is 0.796. The maximum Gasteiger partial charge on any atom is 0.223 e. The molecule has 0 bridgehead atoms. The van der Waals surface area contributed by atoms with E-state index in [4.69, 9.17) is 0 Å². The molecular weight excluding hydrogens is 350 g/mol. The van der Waals surface area contributed by atoms with Crippen LogP contribution in [0.25, 0.3) is 0 Å². The van der Waals surface area contributed by atoms with Crippen molar-refractivity contribution in [2.75, 3.05) is 11.4 Å². The Labute approximate surface area is 135 Å². The van der Waals surface area contributed by atoms with Gasteiger partial charge in [-0.15, -0.1) is 11.3 Å². The lowest BCUT2D eigenvalue weighted by atomic mass is 10.0. The predicted octanol–water partition coefficient (Wildman–Crippen LogP) is 3.96. The van der Waals surface area contributed by atoms with Crippen LogP contribution in [-0.4, -0.2) is 18.2 Å². The van der Waals surface area contributed by atoms with E-state index in [9.17, 15) is 9.59 Å². The lowest BCUT2D eigenvalue weighted by Gasteiger charge is -2.16. The number of fused-ring (bicyclic) bond motifs is 1. The first-order valence-corrected chi connectivity index (χ1v) is 8.35. The van der Waals surface area contributed by atoms with Crippen molar-refractivity contribution in [2.24, 2.45) is 0 Å². The highest BCUT2D eigenvalue weighted by Crippen LogP contribution is 2.35. The minimum absolute atomic E-state index is 0.00702. The van der Waals surface area contributed by atoms with E-state index in [1.165, 1.54) is 11.3 Å². The zero-order valence-corrected chi connectivity index (χ0v) is 14.2. The molecule has 0 saturated heterocycles. The van der Waals surface area contributed by atoms with E-state index in [-0.39, 0.29) is 11.7 Å². The van der Waals surface area contributed by atoms with Crippen LogP contribution in [0.15, 0.2) is 28.1 Å². The summed E-state index contributed by atoms with van der Waals surface area (Å²) in [4.78, 5) is 26.9. The maximum atomic E-state index is 12.7. The number of nitrogens with zero attached hydrogens (tertiary/aromatic N) is 1. The van der Waals surface area contributed by atoms with Gasteiger partial charge < -0.3 is 4.90 Å². The second kappa shape index (κ2) is 5.39. The number of carbonyl (C=O) groups is 2. The van der Waals surface area contributed by atoms with Crippen LogP contribution in [0.4, 0.5) is 5.69 Å². The molecule has 3 nitrogen and oxygen atoms in total. The standard InChI is InChI=1S/C16H14BrNO2S/c1-9-4-6-21-16(9)15(20)12-8-14-11(7-13(12)17)3-5-18(14)10(2)19/h4,6-8H,3,5H2,1-2H3. The number of amides is 1. The zero-order chi connectivity index (χ0) is 15.1. The Balaban J connectivity index is 2.09. The lowest BCUT2D eigenvalue weighted by Crippen LogP contribution is -2.25. The smallest absolute Gasteiger partial charge is 0.223 e. The Morgan fingerprint density at radius 2 is 2.10 bits per heavy atom. The summed E-state index contributed by atoms with van der Waals surface area (Å²) in [7, 11) is 0. The number of ketones is 1. The highest BCUT2D eigenvalue weighted by atomic mass is 79.9. The molecule has 5 heteroatoms. The Morgan fingerprint density at radius 3 is 2.71 bits per heavy atom. The van der Waals surface area contributed by atoms with Gasteiger partial charge in [0.1, 0.15) is 0 Å². The van der Waals surface area contributed by atoms with Crippen LogP contribution in [0.3, 0.4) is 0 Å². The molecule has 0 unspecified atom stereocenters. The van der Waals surface area contributed by atoms with E-state index in [1.807, 2.05) is 30.5 Å². The molecule has 0 spiro atoms. The number of rotatable bonds is 2. The Morgan fingerprint density at radius 1 is 1.33 bits per heavy atom. The fourth-order valence-corrected chi connectivity index (χ4v) is 4.09. The first-order chi connectivity index (χ1) is 9.99. The Hall–Kier alpha value is -1.46. The van der Waals surface area contributed by atoms with Crippen LogP contribution in [0.2, 0.25) is 0 Å². The van der Waals surface area contributed by atoms with Crippen molar-refractivity contribution in [1.82, 2.24) is 0 Å². The molecular formula is C16H14BrNO2S. The van der Waals surface area contributed by atoms with Gasteiger partial charge in [-0.05, 0) is 48.1 Å². The predicted molar refractivity (Wildman–Crippen MR) is 88.4 cm³/mol. The minimum Gasteiger partial charge on any atom is -0.312 e. The van der Waals surface area contributed by atoms with E-state index in [1.54, 1.807) is 11.8 Å². The molecule has 1 aliphatic rings. The van der Waals surface area contributed by atoms with Gasteiger partial charge in [0, 0.05) is 29.2 Å². The van der Waals surface area contributed by atoms with Gasteiger partial charge >= 0.3 is 0 Å². The molecule has 3 rings (SSSR count). The number of halogens is 1. The molecule has 1 aromatic heterocycles. The third-order valence-electron chi connectivity index (χ3n) is 3.76. The second-order valence-corrected chi connectivity index (χ2v) is 6.91. The van der Waals surface area contributed by atoms with Gasteiger partial charge in [0.05, 0.1) is 4.88 Å². The molecule has 0 N–H and O–H groups in total. The number of hydrogen-bond acceptors (Lipinski definition) is 3. The van der Waals surface area contributed by atoms with Crippen molar-refractivity contribution in [3.05, 3.63) is 49.6 Å². The monoisotopic (exact) mass is 363 g/mol. The van der Waals surface area contributed by atoms with E-state index < -0.39 is 0 Å². The van der Waals surface area contributed by atoms with Gasteiger partial charge in [-0.2, -0.15) is 0 Å². The van der Waals surface area contributed by atoms with Crippen molar-refractivity contribution >= 4 is 44.6 Å². The van der Waals surface area contributed by atoms with Gasteiger partial charge in [0.15, 0.2) is 0 Å². The first-order valence-electron chi connectivity index (χ1n) is 6.68. The number of benzene rings is 1. The topological polar surface area (TPSA) is 37.4 Å². The quantitative estimate of drug-likeness (QED) is 0.757. The SMILES string of the molecule is CC(=O)N1CCc2cc(Br)c(C(=O)c3sccc3C)cc21. The molecule has 1 aromatic carbocycles. The summed E-state index contributed by atoms with van der Waals surface area (Å²) in [6, 6.07) is 5.75. The van der Waals surface area contributed by atoms with E-state index in [0.717, 1.165) is 32.6 Å². The fourth-order valence-electron chi connectivity index (χ4n) is 2.64. The minimum atomic E-state index is 0.00702. The van der Waals surface area contributed by atoms with Crippen LogP contribution in [0.1, 0.15) is 33.3 Å². The third kappa shape index (κ3) is 2.45. The fraction of sp³-hybridized carbons (Fsp3) is 0.250. The van der Waals surface area contributed by atoms with Crippen LogP contribution < -0.4 is 4.90 Å². The van der Waals surface area contributed by atoms with E-state index >= 15 is 0 Å². The van der Waals surface area contributed by atoms with Crippen molar-refractivity contribution in [2.45, 2.75) is 20.3 Å². The molecule has 1 amide bonds. The molecule has 108 valence electrons. The summed E-state index contributed by atoms with van der Waals surface area (Å²) >= 11 is 4.95. The molecule has 0 radical (unpaired) electrons. The average Bonchev–Trinajstić information content (AvgIpc) is 3.02. The molecule has 1 aliphatic heterocycles. The van der Waals surface area contributed by atoms with Crippen LogP contribution in [0, 0.1) is 6.92 Å². The van der Waals surface area contributed by atoms with Crippen LogP contribution in [0.5, 0.6) is 0 Å². The summed E-state index contributed by atoms with van der Waals surface area (Å²) in [5.41, 5.74) is 3.58. The zero-order valence-electron chi connectivity index (χ0n) is 11.8. The second-order valence-electron chi connectivity index (χ2n) is 5.14. The van der Waals surface area contributed by atoms with E-state index in [0.29, 0.717) is 12.1 Å². The Bertz CT molecular complexity index is 751. The Kier molecular flexibility index (Phi) is 3.71. The third-order valence-corrected chi connectivity index (χ3v) is 5.43. The summed E-state index contributed by atoms with van der Waals surface area (Å²) in [6.07, 6.45) is 0.833. The first kappa shape index (κ1) is 14.5. The van der Waals surface area contributed by atoms with Crippen molar-refractivity contribution < 1.29 is 9.59 Å². The highest BCUT2D eigenvalue weighted by molar-refractivity contribution is 9.10. The van der Waals surface area contributed by atoms with Crippen molar-refractivity contribution in [3.63, 3.8) is 0 Å². The number of aryl methyl sites for hydroxylation is 1. The molecule has 2 heterocycles. The summed E-state index contributed by atoms with van der Waals surface area (Å²) in [5.74, 6) is 0.0225. The van der Waals surface area contributed by atoms with E-state index in [2.05, 4.69) is 15.9 Å². The van der Waals surface area contributed by atoms with Crippen LogP contribution >= 0.6 is 27.3 Å². The molecule has 0 saturated carbocycles. The lowest BCUT2D eigenvalue weighted by molar-refractivity contribution is -0.116. The summed E-state index contributed by atoms with van der Waals surface area (Å²) in [6.45, 7) is 4.18. The highest BCUT2D eigenvalue weighted by Gasteiger charge is 2.26. The molecule has 0 fully saturated rings. The van der Waals surface area contributed by atoms with Gasteiger partial charge in [0.25, 0.3) is 0 Å². The number of anilines is 1. The van der Waals surface area contributed by atoms with Gasteiger partial charge in [-0.3, -0.25) is 9.59 Å². The largest absolute Gasteiger partial charge is 0.312 e.